The Balaban J connectivity index is 1.48. The molecule has 6 nitrogen and oxygen atoms in total. The van der Waals surface area contributed by atoms with Gasteiger partial charge < -0.3 is 5.32 Å². The van der Waals surface area contributed by atoms with E-state index in [1.165, 1.54) is 17.6 Å². The second-order valence-electron chi connectivity index (χ2n) is 6.61. The van der Waals surface area contributed by atoms with Crippen LogP contribution >= 0.6 is 11.3 Å². The van der Waals surface area contributed by atoms with Crippen LogP contribution in [0, 0.1) is 0 Å². The largest absolute Gasteiger partial charge is 0.347 e. The molecule has 4 rings (SSSR count). The van der Waals surface area contributed by atoms with Crippen LogP contribution in [0.5, 0.6) is 0 Å². The van der Waals surface area contributed by atoms with Gasteiger partial charge in [-0.3, -0.25) is 4.79 Å². The van der Waals surface area contributed by atoms with E-state index >= 15 is 0 Å². The molecule has 1 N–H and O–H groups in total. The average Bonchev–Trinajstić information content (AvgIpc) is 3.06. The Bertz CT molecular complexity index is 846. The van der Waals surface area contributed by atoms with Crippen molar-refractivity contribution < 1.29 is 13.2 Å². The molecule has 0 radical (unpaired) electrons. The highest BCUT2D eigenvalue weighted by atomic mass is 32.2. The molecule has 2 bridgehead atoms. The first-order valence-electron chi connectivity index (χ1n) is 8.07. The minimum Gasteiger partial charge on any atom is -0.347 e. The van der Waals surface area contributed by atoms with Crippen molar-refractivity contribution in [3.05, 3.63) is 29.3 Å². The van der Waals surface area contributed by atoms with E-state index < -0.39 is 10.0 Å². The van der Waals surface area contributed by atoms with Gasteiger partial charge in [-0.25, -0.2) is 13.4 Å². The van der Waals surface area contributed by atoms with E-state index in [0.29, 0.717) is 17.8 Å². The number of thiazole rings is 1. The highest BCUT2D eigenvalue weighted by Crippen LogP contribution is 2.37. The number of sulfonamides is 1. The molecule has 24 heavy (non-hydrogen) atoms. The molecule has 8 heteroatoms. The van der Waals surface area contributed by atoms with E-state index in [1.807, 2.05) is 24.3 Å². The van der Waals surface area contributed by atoms with Crippen molar-refractivity contribution in [1.82, 2.24) is 14.6 Å². The fourth-order valence-corrected chi connectivity index (χ4v) is 6.34. The average molecular weight is 365 g/mol. The van der Waals surface area contributed by atoms with E-state index in [4.69, 9.17) is 0 Å². The first-order chi connectivity index (χ1) is 11.4. The molecule has 1 amide bonds. The van der Waals surface area contributed by atoms with Crippen LogP contribution in [0.2, 0.25) is 0 Å². The van der Waals surface area contributed by atoms with Crippen LogP contribution in [-0.2, 0) is 10.0 Å². The zero-order valence-corrected chi connectivity index (χ0v) is 14.9. The van der Waals surface area contributed by atoms with Crippen LogP contribution in [-0.4, -0.2) is 48.0 Å². The lowest BCUT2D eigenvalue weighted by atomic mass is 10.00. The number of hydrogen-bond acceptors (Lipinski definition) is 5. The van der Waals surface area contributed by atoms with Gasteiger partial charge in [-0.05, 0) is 37.8 Å². The van der Waals surface area contributed by atoms with Crippen LogP contribution < -0.4 is 5.32 Å². The number of amides is 1. The van der Waals surface area contributed by atoms with Crippen molar-refractivity contribution >= 4 is 37.5 Å². The number of nitrogens with one attached hydrogen (secondary N) is 1. The van der Waals surface area contributed by atoms with Crippen molar-refractivity contribution in [3.8, 4) is 0 Å². The Morgan fingerprint density at radius 1 is 1.25 bits per heavy atom. The van der Waals surface area contributed by atoms with E-state index in [-0.39, 0.29) is 24.0 Å². The van der Waals surface area contributed by atoms with Crippen molar-refractivity contribution in [3.63, 3.8) is 0 Å². The van der Waals surface area contributed by atoms with Crippen LogP contribution in [0.1, 0.15) is 35.5 Å². The molecular formula is C16H19N3O3S2. The van der Waals surface area contributed by atoms with Gasteiger partial charge in [-0.1, -0.05) is 12.1 Å². The first kappa shape index (κ1) is 16.0. The van der Waals surface area contributed by atoms with Gasteiger partial charge in [0.05, 0.1) is 16.5 Å². The minimum absolute atomic E-state index is 0.0133. The van der Waals surface area contributed by atoms with Crippen LogP contribution in [0.15, 0.2) is 24.3 Å². The number of nitrogens with zero attached hydrogens (tertiary/aromatic N) is 2. The quantitative estimate of drug-likeness (QED) is 0.902. The van der Waals surface area contributed by atoms with Crippen LogP contribution in [0.25, 0.3) is 10.2 Å². The lowest BCUT2D eigenvalue weighted by Gasteiger charge is -2.37. The maximum atomic E-state index is 12.5. The summed E-state index contributed by atoms with van der Waals surface area (Å²) >= 11 is 1.39. The number of carbonyl (C=O) groups is 1. The molecule has 2 aromatic rings. The first-order valence-corrected chi connectivity index (χ1v) is 10.7. The number of benzene rings is 1. The number of aromatic nitrogens is 1. The van der Waals surface area contributed by atoms with E-state index in [0.717, 1.165) is 23.1 Å². The molecule has 0 aliphatic carbocycles. The number of fused-ring (bicyclic) bond motifs is 3. The number of para-hydroxylation sites is 1. The van der Waals surface area contributed by atoms with Crippen molar-refractivity contribution in [1.29, 1.82) is 0 Å². The highest BCUT2D eigenvalue weighted by Gasteiger charge is 2.45. The molecule has 0 saturated carbocycles. The Hall–Kier alpha value is -1.51. The van der Waals surface area contributed by atoms with Gasteiger partial charge in [0.15, 0.2) is 5.01 Å². The van der Waals surface area contributed by atoms with E-state index in [1.54, 1.807) is 4.31 Å². The smallest absolute Gasteiger partial charge is 0.280 e. The normalized spacial score (nSPS) is 27.5. The fourth-order valence-electron chi connectivity index (χ4n) is 4.01. The zero-order valence-electron chi connectivity index (χ0n) is 13.3. The van der Waals surface area contributed by atoms with Gasteiger partial charge in [0.25, 0.3) is 5.91 Å². The lowest BCUT2D eigenvalue weighted by molar-refractivity contribution is 0.0909. The van der Waals surface area contributed by atoms with Crippen molar-refractivity contribution in [2.75, 3.05) is 6.26 Å². The molecule has 2 unspecified atom stereocenters. The van der Waals surface area contributed by atoms with Gasteiger partial charge in [0.1, 0.15) is 0 Å². The summed E-state index contributed by atoms with van der Waals surface area (Å²) in [5, 5.41) is 3.52. The number of hydrogen-bond donors (Lipinski definition) is 1. The third-order valence-corrected chi connectivity index (χ3v) is 7.27. The highest BCUT2D eigenvalue weighted by molar-refractivity contribution is 7.88. The molecule has 2 atom stereocenters. The van der Waals surface area contributed by atoms with Gasteiger partial charge >= 0.3 is 0 Å². The van der Waals surface area contributed by atoms with Crippen LogP contribution in [0.4, 0.5) is 0 Å². The molecule has 3 heterocycles. The second kappa shape index (κ2) is 5.79. The van der Waals surface area contributed by atoms with Crippen LogP contribution in [0.3, 0.4) is 0 Å². The summed E-state index contributed by atoms with van der Waals surface area (Å²) in [6.45, 7) is 0. The van der Waals surface area contributed by atoms with Gasteiger partial charge in [0.2, 0.25) is 10.0 Å². The lowest BCUT2D eigenvalue weighted by Crippen LogP contribution is -2.52. The topological polar surface area (TPSA) is 79.4 Å². The Morgan fingerprint density at radius 3 is 2.54 bits per heavy atom. The summed E-state index contributed by atoms with van der Waals surface area (Å²) < 4.78 is 26.5. The monoisotopic (exact) mass is 365 g/mol. The molecule has 2 fully saturated rings. The molecule has 1 aromatic heterocycles. The maximum absolute atomic E-state index is 12.5. The molecule has 2 aliphatic rings. The Kier molecular flexibility index (Phi) is 3.85. The Labute approximate surface area is 144 Å². The third-order valence-electron chi connectivity index (χ3n) is 4.87. The summed E-state index contributed by atoms with van der Waals surface area (Å²) in [6.07, 6.45) is 4.40. The predicted molar refractivity (Wildman–Crippen MR) is 93.6 cm³/mol. The number of piperidine rings is 1. The second-order valence-corrected chi connectivity index (χ2v) is 9.52. The molecule has 128 valence electrons. The van der Waals surface area contributed by atoms with Crippen molar-refractivity contribution in [2.45, 2.75) is 43.8 Å². The summed E-state index contributed by atoms with van der Waals surface area (Å²) in [5.41, 5.74) is 0.833. The molecule has 1 aromatic carbocycles. The van der Waals surface area contributed by atoms with Gasteiger partial charge in [-0.2, -0.15) is 4.31 Å². The Morgan fingerprint density at radius 2 is 1.92 bits per heavy atom. The van der Waals surface area contributed by atoms with Gasteiger partial charge in [-0.15, -0.1) is 11.3 Å². The number of carbonyl (C=O) groups excluding carboxylic acids is 1. The molecule has 2 aliphatic heterocycles. The summed E-state index contributed by atoms with van der Waals surface area (Å²) in [4.78, 5) is 16.9. The fraction of sp³-hybridized carbons (Fsp3) is 0.500. The van der Waals surface area contributed by atoms with E-state index in [2.05, 4.69) is 10.3 Å². The summed E-state index contributed by atoms with van der Waals surface area (Å²) in [7, 11) is -3.17. The van der Waals surface area contributed by atoms with E-state index in [9.17, 15) is 13.2 Å². The number of rotatable bonds is 3. The third kappa shape index (κ3) is 2.82. The minimum atomic E-state index is -3.17. The zero-order chi connectivity index (χ0) is 16.9. The van der Waals surface area contributed by atoms with Crippen molar-refractivity contribution in [2.24, 2.45) is 0 Å². The summed E-state index contributed by atoms with van der Waals surface area (Å²) in [5.74, 6) is -0.159. The summed E-state index contributed by atoms with van der Waals surface area (Å²) in [6, 6.07) is 7.73. The molecule has 2 saturated heterocycles. The SMILES string of the molecule is CS(=O)(=O)N1C2CCC1CC(NC(=O)c1nc3ccccc3s1)C2. The predicted octanol–water partition coefficient (Wildman–Crippen LogP) is 1.98. The molecule has 0 spiro atoms. The standard InChI is InChI=1S/C16H19N3O3S2/c1-24(21,22)19-11-6-7-12(19)9-10(8-11)17-15(20)16-18-13-4-2-3-5-14(13)23-16/h2-5,10-12H,6-9H2,1H3,(H,17,20). The molecular weight excluding hydrogens is 346 g/mol. The van der Waals surface area contributed by atoms with Gasteiger partial charge in [0, 0.05) is 18.1 Å². The maximum Gasteiger partial charge on any atom is 0.280 e.